The zero-order valence-electron chi connectivity index (χ0n) is 40.5. The molecule has 0 aliphatic carbocycles. The number of rotatable bonds is 17. The van der Waals surface area contributed by atoms with Crippen LogP contribution in [0.1, 0.15) is 140 Å². The molecule has 0 aromatic heterocycles. The van der Waals surface area contributed by atoms with Crippen LogP contribution in [-0.4, -0.2) is 45.6 Å². The van der Waals surface area contributed by atoms with Crippen molar-refractivity contribution in [3.63, 3.8) is 0 Å². The Balaban J connectivity index is 0.000000347. The van der Waals surface area contributed by atoms with Crippen LogP contribution in [0.25, 0.3) is 0 Å². The van der Waals surface area contributed by atoms with Gasteiger partial charge in [-0.1, -0.05) is 118 Å². The molecule has 0 radical (unpaired) electrons. The number of benzene rings is 4. The minimum absolute atomic E-state index is 0.0933. The highest BCUT2D eigenvalue weighted by atomic mass is 16.5. The van der Waals surface area contributed by atoms with Gasteiger partial charge in [-0.3, -0.25) is 0 Å². The Bertz CT molecular complexity index is 2300. The molecule has 0 fully saturated rings. The Morgan fingerprint density at radius 1 is 0.631 bits per heavy atom. The van der Waals surface area contributed by atoms with Gasteiger partial charge in [0.15, 0.2) is 0 Å². The van der Waals surface area contributed by atoms with E-state index in [9.17, 15) is 30.0 Å². The minimum atomic E-state index is -0.573. The van der Waals surface area contributed by atoms with E-state index in [0.29, 0.717) is 65.4 Å². The summed E-state index contributed by atoms with van der Waals surface area (Å²) in [7, 11) is 0. The number of carbonyl (C=O) groups is 2. The topological polar surface area (TPSA) is 134 Å². The Morgan fingerprint density at radius 3 is 1.38 bits per heavy atom. The van der Waals surface area contributed by atoms with Crippen LogP contribution >= 0.6 is 0 Å². The normalized spacial score (nSPS) is 11.3. The van der Waals surface area contributed by atoms with Gasteiger partial charge in [0.2, 0.25) is 0 Å². The zero-order chi connectivity index (χ0) is 48.6. The monoisotopic (exact) mass is 883 g/mol. The molecule has 0 saturated carbocycles. The average Bonchev–Trinajstić information content (AvgIpc) is 3.22. The first-order chi connectivity index (χ1) is 30.6. The fraction of sp³-hybridized carbons (Fsp3) is 0.404. The molecule has 0 aliphatic heterocycles. The molecule has 346 valence electrons. The van der Waals surface area contributed by atoms with Crippen molar-refractivity contribution in [1.29, 1.82) is 0 Å². The van der Waals surface area contributed by atoms with E-state index in [1.165, 1.54) is 0 Å². The van der Waals surface area contributed by atoms with Crippen molar-refractivity contribution in [2.75, 3.05) is 13.2 Å². The number of phenolic OH excluding ortho intramolecular Hbond substituents is 4. The molecule has 4 aromatic carbocycles. The van der Waals surface area contributed by atoms with Crippen LogP contribution in [0.4, 0.5) is 0 Å². The highest BCUT2D eigenvalue weighted by molar-refractivity contribution is 5.88. The number of phenols is 4. The lowest BCUT2D eigenvalue weighted by atomic mass is 9.76. The largest absolute Gasteiger partial charge is 0.507 e. The molecule has 0 spiro atoms. The van der Waals surface area contributed by atoms with Crippen LogP contribution in [0.5, 0.6) is 23.0 Å². The summed E-state index contributed by atoms with van der Waals surface area (Å²) < 4.78 is 10.2. The van der Waals surface area contributed by atoms with Crippen molar-refractivity contribution >= 4 is 11.9 Å². The molecule has 4 aromatic rings. The van der Waals surface area contributed by atoms with Gasteiger partial charge in [-0.2, -0.15) is 0 Å². The zero-order valence-corrected chi connectivity index (χ0v) is 40.5. The van der Waals surface area contributed by atoms with Crippen LogP contribution in [-0.2, 0) is 44.7 Å². The number of hydrogen-bond acceptors (Lipinski definition) is 8. The summed E-state index contributed by atoms with van der Waals surface area (Å²) in [4.78, 5) is 22.9. The van der Waals surface area contributed by atoms with Crippen LogP contribution in [0.3, 0.4) is 0 Å². The SMILES string of the molecule is C=CCc1cc(C)cc(C(CC(C)CC(C)(C)C)c2cc(C)cc(CC=C)c2O)c1O.CC#CC(=O)OCCc1cc(C)c(O)c(C(C)c2cc(CCOC(=O)C#CC)cc(C)c2O)c1. The Morgan fingerprint density at radius 2 is 1.03 bits per heavy atom. The molecule has 1 unspecified atom stereocenters. The molecule has 0 heterocycles. The van der Waals surface area contributed by atoms with Crippen molar-refractivity contribution in [1.82, 2.24) is 0 Å². The second kappa shape index (κ2) is 24.6. The van der Waals surface area contributed by atoms with Crippen LogP contribution in [0.15, 0.2) is 73.8 Å². The number of carbonyl (C=O) groups excluding carboxylic acids is 2. The van der Waals surface area contributed by atoms with Crippen LogP contribution in [0.2, 0.25) is 0 Å². The predicted octanol–water partition coefficient (Wildman–Crippen LogP) is 11.9. The van der Waals surface area contributed by atoms with Crippen molar-refractivity contribution in [2.24, 2.45) is 11.3 Å². The predicted molar refractivity (Wildman–Crippen MR) is 263 cm³/mol. The van der Waals surface area contributed by atoms with Gasteiger partial charge < -0.3 is 29.9 Å². The number of aromatic hydroxyl groups is 4. The second-order valence-corrected chi connectivity index (χ2v) is 18.3. The molecule has 8 nitrogen and oxygen atoms in total. The maximum atomic E-state index is 11.5. The summed E-state index contributed by atoms with van der Waals surface area (Å²) >= 11 is 0. The standard InChI is InChI=1S/C29H40O2.C28H30O6/c1-9-11-22-13-19(3)15-25(27(22)30)24(17-21(5)18-29(6,7)8)26-16-20(4)14-23(12-10-2)28(26)31;1-6-8-25(29)33-12-10-21-14-18(3)27(31)23(16-21)20(5)24-17-22(15-19(4)28(24)32)11-13-34-26(30)9-7-2/h9-10,13-16,21,24,30-31H,1-2,11-12,17-18H2,3-8H3;14-17,20,31-32H,10-13H2,1-5H3. The van der Waals surface area contributed by atoms with E-state index in [-0.39, 0.29) is 42.0 Å². The fourth-order valence-electron chi connectivity index (χ4n) is 8.56. The van der Waals surface area contributed by atoms with Crippen LogP contribution in [0, 0.1) is 62.7 Å². The lowest BCUT2D eigenvalue weighted by molar-refractivity contribution is -0.137. The highest BCUT2D eigenvalue weighted by Gasteiger charge is 2.28. The molecule has 1 atom stereocenters. The first-order valence-corrected chi connectivity index (χ1v) is 22.3. The van der Waals surface area contributed by atoms with Gasteiger partial charge in [0.25, 0.3) is 0 Å². The van der Waals surface area contributed by atoms with E-state index in [4.69, 9.17) is 9.47 Å². The van der Waals surface area contributed by atoms with E-state index in [1.807, 2.05) is 55.5 Å². The maximum absolute atomic E-state index is 11.5. The number of hydrogen-bond donors (Lipinski definition) is 4. The van der Waals surface area contributed by atoms with E-state index >= 15 is 0 Å². The molecule has 0 saturated heterocycles. The Labute approximate surface area is 388 Å². The minimum Gasteiger partial charge on any atom is -0.507 e. The van der Waals surface area contributed by atoms with Gasteiger partial charge in [-0.05, 0) is 112 Å². The molecule has 0 aliphatic rings. The van der Waals surface area contributed by atoms with E-state index < -0.39 is 11.9 Å². The first-order valence-electron chi connectivity index (χ1n) is 22.3. The maximum Gasteiger partial charge on any atom is 0.384 e. The second-order valence-electron chi connectivity index (χ2n) is 18.3. The van der Waals surface area contributed by atoms with Gasteiger partial charge in [-0.25, -0.2) is 9.59 Å². The van der Waals surface area contributed by atoms with E-state index in [2.05, 4.69) is 90.5 Å². The van der Waals surface area contributed by atoms with Crippen molar-refractivity contribution in [2.45, 2.75) is 127 Å². The number of esters is 2. The smallest absolute Gasteiger partial charge is 0.384 e. The van der Waals surface area contributed by atoms with Crippen molar-refractivity contribution < 1.29 is 39.5 Å². The Kier molecular flexibility index (Phi) is 20.1. The van der Waals surface area contributed by atoms with Gasteiger partial charge in [0, 0.05) is 58.8 Å². The third-order valence-corrected chi connectivity index (χ3v) is 11.2. The average molecular weight is 883 g/mol. The molecule has 4 rings (SSSR count). The number of ether oxygens (including phenoxy) is 2. The number of allylic oxidation sites excluding steroid dienone is 2. The van der Waals surface area contributed by atoms with Gasteiger partial charge >= 0.3 is 11.9 Å². The third kappa shape index (κ3) is 15.7. The summed E-state index contributed by atoms with van der Waals surface area (Å²) in [5.41, 5.74) is 10.5. The summed E-state index contributed by atoms with van der Waals surface area (Å²) in [6.07, 6.45) is 7.74. The summed E-state index contributed by atoms with van der Waals surface area (Å²) in [6, 6.07) is 15.6. The van der Waals surface area contributed by atoms with Crippen LogP contribution < -0.4 is 0 Å². The highest BCUT2D eigenvalue weighted by Crippen LogP contribution is 2.45. The molecule has 0 bridgehead atoms. The first kappa shape index (κ1) is 53.0. The van der Waals surface area contributed by atoms with Crippen molar-refractivity contribution in [3.05, 3.63) is 141 Å². The quantitative estimate of drug-likeness (QED) is 0.0357. The molecular weight excluding hydrogens is 813 g/mol. The summed E-state index contributed by atoms with van der Waals surface area (Å²) in [5, 5.41) is 43.9. The van der Waals surface area contributed by atoms with E-state index in [0.717, 1.165) is 57.3 Å². The summed E-state index contributed by atoms with van der Waals surface area (Å²) in [5.74, 6) is 9.49. The van der Waals surface area contributed by atoms with Gasteiger partial charge in [0.1, 0.15) is 23.0 Å². The lowest BCUT2D eigenvalue weighted by Crippen LogP contribution is -2.15. The molecule has 65 heavy (non-hydrogen) atoms. The summed E-state index contributed by atoms with van der Waals surface area (Å²) in [6.45, 7) is 29.9. The molecular formula is C57H70O8. The molecule has 8 heteroatoms. The van der Waals surface area contributed by atoms with Gasteiger partial charge in [-0.15, -0.1) is 13.2 Å². The molecule has 0 amide bonds. The lowest BCUT2D eigenvalue weighted by Gasteiger charge is -2.29. The number of aryl methyl sites for hydroxylation is 4. The third-order valence-electron chi connectivity index (χ3n) is 11.2. The van der Waals surface area contributed by atoms with Crippen molar-refractivity contribution in [3.8, 4) is 46.7 Å². The fourth-order valence-corrected chi connectivity index (χ4v) is 8.56. The Hall–Kier alpha value is -6.38. The van der Waals surface area contributed by atoms with Gasteiger partial charge in [0.05, 0.1) is 13.2 Å². The van der Waals surface area contributed by atoms with E-state index in [1.54, 1.807) is 27.7 Å². The molecule has 4 N–H and O–H groups in total.